The lowest BCUT2D eigenvalue weighted by Gasteiger charge is -2.58. The Kier molecular flexibility index (Phi) is 5.42. The van der Waals surface area contributed by atoms with E-state index in [0.717, 1.165) is 19.3 Å². The summed E-state index contributed by atoms with van der Waals surface area (Å²) in [4.78, 5) is 11.8. The van der Waals surface area contributed by atoms with E-state index < -0.39 is 5.60 Å². The Bertz CT molecular complexity index is 332. The van der Waals surface area contributed by atoms with Gasteiger partial charge in [-0.15, -0.1) is 0 Å². The van der Waals surface area contributed by atoms with Gasteiger partial charge in [0.05, 0.1) is 5.60 Å². The Balaban J connectivity index is 0.000000637. The van der Waals surface area contributed by atoms with Crippen molar-refractivity contribution in [3.8, 4) is 0 Å². The molecule has 0 aromatic rings. The van der Waals surface area contributed by atoms with Crippen LogP contribution in [0.5, 0.6) is 0 Å². The lowest BCUT2D eigenvalue weighted by Crippen LogP contribution is -2.62. The van der Waals surface area contributed by atoms with Crippen molar-refractivity contribution in [3.63, 3.8) is 0 Å². The van der Waals surface area contributed by atoms with Crippen LogP contribution in [0.3, 0.4) is 0 Å². The van der Waals surface area contributed by atoms with E-state index in [9.17, 15) is 9.90 Å². The number of carbonyl (C=O) groups excluding carboxylic acids is 1. The zero-order chi connectivity index (χ0) is 14.2. The summed E-state index contributed by atoms with van der Waals surface area (Å²) in [5, 5.41) is 13.7. The average molecular weight is 491 g/mol. The Morgan fingerprint density at radius 3 is 2.16 bits per heavy atom. The van der Waals surface area contributed by atoms with Crippen LogP contribution >= 0.6 is 37.2 Å². The molecule has 110 valence electrons. The fraction of sp³-hybridized carbons (Fsp3) is 0.929. The molecule has 0 aliphatic heterocycles. The minimum atomic E-state index is -0.393. The van der Waals surface area contributed by atoms with E-state index in [1.807, 2.05) is 13.8 Å². The number of hydrogen-bond acceptors (Lipinski definition) is 2. The van der Waals surface area contributed by atoms with Crippen LogP contribution in [-0.2, 0) is 4.79 Å². The van der Waals surface area contributed by atoms with Crippen LogP contribution in [0.15, 0.2) is 0 Å². The lowest BCUT2D eigenvalue weighted by atomic mass is 9.52. The van der Waals surface area contributed by atoms with Gasteiger partial charge < -0.3 is 10.4 Å². The molecule has 4 aliphatic carbocycles. The van der Waals surface area contributed by atoms with Gasteiger partial charge in [-0.1, -0.05) is 13.8 Å². The van der Waals surface area contributed by atoms with Crippen LogP contribution in [-0.4, -0.2) is 22.7 Å². The van der Waals surface area contributed by atoms with Crippen molar-refractivity contribution in [3.05, 3.63) is 0 Å². The molecule has 5 heteroatoms. The van der Waals surface area contributed by atoms with E-state index in [0.29, 0.717) is 23.8 Å². The molecule has 0 radical (unpaired) electrons. The van der Waals surface area contributed by atoms with Crippen molar-refractivity contribution >= 4 is 43.1 Å². The quantitative estimate of drug-likeness (QED) is 0.582. The summed E-state index contributed by atoms with van der Waals surface area (Å²) in [5.74, 6) is 2.00. The second-order valence-electron chi connectivity index (χ2n) is 6.88. The molecule has 19 heavy (non-hydrogen) atoms. The minimum Gasteiger partial charge on any atom is -0.390 e. The summed E-state index contributed by atoms with van der Waals surface area (Å²) < 4.78 is 0. The maximum Gasteiger partial charge on any atom is 0.222 e. The van der Waals surface area contributed by atoms with Gasteiger partial charge in [0.15, 0.2) is 0 Å². The molecule has 2 atom stereocenters. The van der Waals surface area contributed by atoms with Crippen LogP contribution in [0.4, 0.5) is 0 Å². The number of halogens is 2. The second-order valence-corrected chi connectivity index (χ2v) is 6.88. The Hall–Kier alpha value is 0.890. The molecule has 0 saturated heterocycles. The summed E-state index contributed by atoms with van der Waals surface area (Å²) in [7, 11) is 0. The van der Waals surface area contributed by atoms with Crippen LogP contribution < -0.4 is 5.32 Å². The smallest absolute Gasteiger partial charge is 0.222 e. The zero-order valence-corrected chi connectivity index (χ0v) is 15.8. The summed E-state index contributed by atoms with van der Waals surface area (Å²) in [6.45, 7) is 3.89. The molecule has 4 rings (SSSR count). The van der Waals surface area contributed by atoms with Crippen LogP contribution in [0.2, 0.25) is 0 Å². The molecule has 4 bridgehead atoms. The normalized spacial score (nSPS) is 42.8. The zero-order valence-electron chi connectivity index (χ0n) is 11.5. The maximum absolute atomic E-state index is 11.8. The van der Waals surface area contributed by atoms with Crippen molar-refractivity contribution in [1.82, 2.24) is 5.32 Å². The Morgan fingerprint density at radius 1 is 1.21 bits per heavy atom. The number of carbonyl (C=O) groups is 1. The SMILES string of the molecule is CC(C)C(=O)NC1C2CC3CC1CC(O)(C3)C2.II. The predicted molar refractivity (Wildman–Crippen MR) is 93.3 cm³/mol. The lowest BCUT2D eigenvalue weighted by molar-refractivity contribution is -0.147. The standard InChI is InChI=1S/C14H23NO2.I2/c1-8(2)13(16)15-12-10-3-9-4-11(12)7-14(17,5-9)6-10;1-2/h8-12,17H,3-7H2,1-2H3,(H,15,16);. The van der Waals surface area contributed by atoms with E-state index in [4.69, 9.17) is 0 Å². The van der Waals surface area contributed by atoms with Gasteiger partial charge in [-0.2, -0.15) is 0 Å². The highest BCUT2D eigenvalue weighted by Gasteiger charge is 2.54. The van der Waals surface area contributed by atoms with Crippen molar-refractivity contribution in [2.75, 3.05) is 0 Å². The van der Waals surface area contributed by atoms with Gasteiger partial charge in [0, 0.05) is 49.2 Å². The molecular weight excluding hydrogens is 468 g/mol. The molecule has 2 N–H and O–H groups in total. The highest BCUT2D eigenvalue weighted by molar-refractivity contribution is 15.0. The van der Waals surface area contributed by atoms with E-state index >= 15 is 0 Å². The first-order valence-corrected chi connectivity index (χ1v) is 13.4. The van der Waals surface area contributed by atoms with Crippen LogP contribution in [0, 0.1) is 23.7 Å². The third-order valence-corrected chi connectivity index (χ3v) is 5.07. The Labute approximate surface area is 139 Å². The van der Waals surface area contributed by atoms with Crippen molar-refractivity contribution < 1.29 is 9.90 Å². The van der Waals surface area contributed by atoms with E-state index in [2.05, 4.69) is 42.5 Å². The molecule has 1 amide bonds. The predicted octanol–water partition coefficient (Wildman–Crippen LogP) is 3.47. The number of nitrogens with one attached hydrogen (secondary N) is 1. The molecule has 0 heterocycles. The summed E-state index contributed by atoms with van der Waals surface area (Å²) in [6, 6.07) is 0.335. The topological polar surface area (TPSA) is 49.3 Å². The van der Waals surface area contributed by atoms with Crippen molar-refractivity contribution in [2.24, 2.45) is 23.7 Å². The maximum atomic E-state index is 11.8. The molecule has 3 nitrogen and oxygen atoms in total. The van der Waals surface area contributed by atoms with Gasteiger partial charge in [0.25, 0.3) is 0 Å². The highest BCUT2D eigenvalue weighted by atomic mass is 128. The molecule has 0 aromatic carbocycles. The molecule has 4 aliphatic rings. The van der Waals surface area contributed by atoms with Crippen molar-refractivity contribution in [2.45, 2.75) is 57.6 Å². The molecule has 2 unspecified atom stereocenters. The highest BCUT2D eigenvalue weighted by Crippen LogP contribution is 2.55. The number of amides is 1. The number of hydrogen-bond donors (Lipinski definition) is 2. The van der Waals surface area contributed by atoms with Crippen molar-refractivity contribution in [1.29, 1.82) is 0 Å². The van der Waals surface area contributed by atoms with E-state index in [-0.39, 0.29) is 11.8 Å². The van der Waals surface area contributed by atoms with Gasteiger partial charge in [0.1, 0.15) is 0 Å². The van der Waals surface area contributed by atoms with Crippen LogP contribution in [0.25, 0.3) is 0 Å². The number of rotatable bonds is 2. The van der Waals surface area contributed by atoms with E-state index in [1.165, 1.54) is 12.8 Å². The largest absolute Gasteiger partial charge is 0.390 e. The van der Waals surface area contributed by atoms with Gasteiger partial charge >= 0.3 is 0 Å². The van der Waals surface area contributed by atoms with Gasteiger partial charge in [-0.3, -0.25) is 4.79 Å². The second kappa shape index (κ2) is 6.34. The van der Waals surface area contributed by atoms with Crippen LogP contribution in [0.1, 0.15) is 46.0 Å². The van der Waals surface area contributed by atoms with E-state index in [1.54, 1.807) is 0 Å². The van der Waals surface area contributed by atoms with Gasteiger partial charge in [-0.25, -0.2) is 0 Å². The first kappa shape index (κ1) is 16.3. The molecule has 4 saturated carbocycles. The van der Waals surface area contributed by atoms with Gasteiger partial charge in [0.2, 0.25) is 5.91 Å². The monoisotopic (exact) mass is 491 g/mol. The number of aliphatic hydroxyl groups is 1. The summed E-state index contributed by atoms with van der Waals surface area (Å²) in [6.07, 6.45) is 5.24. The Morgan fingerprint density at radius 2 is 1.74 bits per heavy atom. The fourth-order valence-corrected chi connectivity index (χ4v) is 4.55. The molecule has 0 aromatic heterocycles. The summed E-state index contributed by atoms with van der Waals surface area (Å²) >= 11 is 4.24. The third-order valence-electron chi connectivity index (χ3n) is 5.07. The van der Waals surface area contributed by atoms with Gasteiger partial charge in [-0.05, 0) is 49.9 Å². The first-order valence-electron chi connectivity index (χ1n) is 7.14. The average Bonchev–Trinajstić information content (AvgIpc) is 2.33. The molecule has 4 fully saturated rings. The minimum absolute atomic E-state index is 0.0651. The molecular formula is C14H23I2NO2. The first-order chi connectivity index (χ1) is 8.97. The summed E-state index contributed by atoms with van der Waals surface area (Å²) in [5.41, 5.74) is -0.393. The third kappa shape index (κ3) is 3.39. The fourth-order valence-electron chi connectivity index (χ4n) is 4.55. The molecule has 0 spiro atoms.